The molecule has 0 bridgehead atoms. The van der Waals surface area contributed by atoms with Crippen LogP contribution >= 0.6 is 11.6 Å². The lowest BCUT2D eigenvalue weighted by Crippen LogP contribution is -2.26. The lowest BCUT2D eigenvalue weighted by molar-refractivity contribution is 0.111. The number of allylic oxidation sites excluding steroid dienone is 1. The smallest absolute Gasteiger partial charge is 0.287 e. The number of anilines is 1. The van der Waals surface area contributed by atoms with Crippen LogP contribution in [0.4, 0.5) is 5.69 Å². The summed E-state index contributed by atoms with van der Waals surface area (Å²) in [6, 6.07) is 0. The van der Waals surface area contributed by atoms with Crippen molar-refractivity contribution < 1.29 is 5.11 Å². The van der Waals surface area contributed by atoms with Gasteiger partial charge in [-0.15, -0.1) is 6.58 Å². The second-order valence-electron chi connectivity index (χ2n) is 5.20. The van der Waals surface area contributed by atoms with Crippen molar-refractivity contribution in [2.24, 2.45) is 5.92 Å². The zero-order chi connectivity index (χ0) is 14.5. The summed E-state index contributed by atoms with van der Waals surface area (Å²) in [6.45, 7) is 4.67. The molecule has 0 unspecified atom stereocenters. The minimum atomic E-state index is -0.310. The Morgan fingerprint density at radius 3 is 2.85 bits per heavy atom. The van der Waals surface area contributed by atoms with Crippen LogP contribution in [-0.2, 0) is 6.54 Å². The molecule has 0 saturated heterocycles. The third-order valence-electron chi connectivity index (χ3n) is 3.68. The fraction of sp³-hybridized carbons (Fsp3) is 0.571. The van der Waals surface area contributed by atoms with Crippen molar-refractivity contribution in [3.63, 3.8) is 0 Å². The third kappa shape index (κ3) is 3.61. The van der Waals surface area contributed by atoms with Crippen molar-refractivity contribution in [2.45, 2.75) is 38.3 Å². The Balaban J connectivity index is 1.98. The molecule has 2 N–H and O–H groups in total. The minimum absolute atomic E-state index is 0.153. The number of aliphatic hydroxyl groups is 1. The molecule has 1 heterocycles. The molecular weight excluding hydrogens is 278 g/mol. The van der Waals surface area contributed by atoms with Crippen molar-refractivity contribution in [1.82, 2.24) is 9.78 Å². The van der Waals surface area contributed by atoms with Crippen molar-refractivity contribution in [1.29, 1.82) is 0 Å². The standard InChI is InChI=1S/C14H20ClN3O2/c1-2-7-18-14(20)13(15)12(9-17-18)16-8-10-3-5-11(19)6-4-10/h2,9-11,16,19H,1,3-8H2. The number of nitrogens with zero attached hydrogens (tertiary/aromatic N) is 2. The lowest BCUT2D eigenvalue weighted by Gasteiger charge is -2.25. The zero-order valence-corrected chi connectivity index (χ0v) is 12.1. The quantitative estimate of drug-likeness (QED) is 0.816. The van der Waals surface area contributed by atoms with E-state index in [1.807, 2.05) is 0 Å². The predicted molar refractivity (Wildman–Crippen MR) is 80.2 cm³/mol. The molecule has 1 fully saturated rings. The average molecular weight is 298 g/mol. The molecule has 110 valence electrons. The highest BCUT2D eigenvalue weighted by Crippen LogP contribution is 2.25. The molecule has 0 spiro atoms. The highest BCUT2D eigenvalue weighted by atomic mass is 35.5. The van der Waals surface area contributed by atoms with Crippen LogP contribution in [0.1, 0.15) is 25.7 Å². The molecule has 0 aliphatic heterocycles. The number of hydrogen-bond donors (Lipinski definition) is 2. The maximum absolute atomic E-state index is 11.9. The third-order valence-corrected chi connectivity index (χ3v) is 4.05. The lowest BCUT2D eigenvalue weighted by atomic mass is 9.87. The Bertz CT molecular complexity index is 522. The van der Waals surface area contributed by atoms with Crippen LogP contribution in [0.5, 0.6) is 0 Å². The first-order valence-corrected chi connectivity index (χ1v) is 7.28. The van der Waals surface area contributed by atoms with E-state index in [0.29, 0.717) is 18.2 Å². The van der Waals surface area contributed by atoms with Crippen LogP contribution in [0.2, 0.25) is 5.02 Å². The second-order valence-corrected chi connectivity index (χ2v) is 5.58. The Kier molecular flexibility index (Phi) is 5.20. The summed E-state index contributed by atoms with van der Waals surface area (Å²) in [4.78, 5) is 11.9. The van der Waals surface area contributed by atoms with Gasteiger partial charge in [-0.3, -0.25) is 4.79 Å². The van der Waals surface area contributed by atoms with Gasteiger partial charge in [0.2, 0.25) is 0 Å². The van der Waals surface area contributed by atoms with Crippen LogP contribution in [0, 0.1) is 5.92 Å². The summed E-state index contributed by atoms with van der Waals surface area (Å²) < 4.78 is 1.28. The molecule has 0 aromatic carbocycles. The van der Waals surface area contributed by atoms with Crippen LogP contribution in [-0.4, -0.2) is 27.5 Å². The molecule has 1 saturated carbocycles. The number of hydrogen-bond acceptors (Lipinski definition) is 4. The first kappa shape index (κ1) is 15.1. The Morgan fingerprint density at radius 1 is 1.50 bits per heavy atom. The Hall–Kier alpha value is -1.33. The molecule has 1 aliphatic carbocycles. The SMILES string of the molecule is C=CCn1ncc(NCC2CCC(O)CC2)c(Cl)c1=O. The van der Waals surface area contributed by atoms with E-state index in [4.69, 9.17) is 11.6 Å². The summed E-state index contributed by atoms with van der Waals surface area (Å²) in [5, 5.41) is 16.9. The first-order chi connectivity index (χ1) is 9.61. The van der Waals surface area contributed by atoms with Crippen molar-refractivity contribution in [3.8, 4) is 0 Å². The average Bonchev–Trinajstić information content (AvgIpc) is 2.45. The number of halogens is 1. The summed E-state index contributed by atoms with van der Waals surface area (Å²) in [5.74, 6) is 0.505. The molecule has 1 aromatic rings. The van der Waals surface area contributed by atoms with Gasteiger partial charge >= 0.3 is 0 Å². The Labute approximate surface area is 123 Å². The van der Waals surface area contributed by atoms with Gasteiger partial charge in [0.15, 0.2) is 0 Å². The maximum atomic E-state index is 11.9. The topological polar surface area (TPSA) is 67.2 Å². The summed E-state index contributed by atoms with van der Waals surface area (Å²) in [7, 11) is 0. The van der Waals surface area contributed by atoms with E-state index < -0.39 is 0 Å². The minimum Gasteiger partial charge on any atom is -0.393 e. The van der Waals surface area contributed by atoms with E-state index in [1.54, 1.807) is 12.3 Å². The summed E-state index contributed by atoms with van der Waals surface area (Å²) in [5.41, 5.74) is 0.263. The first-order valence-electron chi connectivity index (χ1n) is 6.90. The van der Waals surface area contributed by atoms with E-state index in [-0.39, 0.29) is 16.7 Å². The van der Waals surface area contributed by atoms with Gasteiger partial charge < -0.3 is 10.4 Å². The summed E-state index contributed by atoms with van der Waals surface area (Å²) in [6.07, 6.45) is 6.70. The van der Waals surface area contributed by atoms with Gasteiger partial charge in [-0.1, -0.05) is 17.7 Å². The van der Waals surface area contributed by atoms with Gasteiger partial charge in [0.25, 0.3) is 5.56 Å². The number of aromatic nitrogens is 2. The predicted octanol–water partition coefficient (Wildman–Crippen LogP) is 2.05. The molecule has 0 radical (unpaired) electrons. The van der Waals surface area contributed by atoms with Crippen LogP contribution in [0.3, 0.4) is 0 Å². The van der Waals surface area contributed by atoms with E-state index in [0.717, 1.165) is 32.2 Å². The van der Waals surface area contributed by atoms with Crippen LogP contribution < -0.4 is 10.9 Å². The van der Waals surface area contributed by atoms with Gasteiger partial charge in [-0.2, -0.15) is 5.10 Å². The number of rotatable bonds is 5. The fourth-order valence-electron chi connectivity index (χ4n) is 2.44. The normalized spacial score (nSPS) is 22.5. The maximum Gasteiger partial charge on any atom is 0.287 e. The molecule has 20 heavy (non-hydrogen) atoms. The van der Waals surface area contributed by atoms with E-state index >= 15 is 0 Å². The zero-order valence-electron chi connectivity index (χ0n) is 11.4. The van der Waals surface area contributed by atoms with E-state index in [2.05, 4.69) is 17.0 Å². The van der Waals surface area contributed by atoms with Crippen LogP contribution in [0.15, 0.2) is 23.6 Å². The molecule has 1 aliphatic rings. The fourth-order valence-corrected chi connectivity index (χ4v) is 2.66. The van der Waals surface area contributed by atoms with E-state index in [1.165, 1.54) is 4.68 Å². The molecule has 0 atom stereocenters. The van der Waals surface area contributed by atoms with E-state index in [9.17, 15) is 9.90 Å². The molecule has 1 aromatic heterocycles. The molecule has 0 amide bonds. The van der Waals surface area contributed by atoms with Crippen molar-refractivity contribution in [2.75, 3.05) is 11.9 Å². The van der Waals surface area contributed by atoms with Gasteiger partial charge in [-0.05, 0) is 31.6 Å². The second kappa shape index (κ2) is 6.90. The van der Waals surface area contributed by atoms with Gasteiger partial charge in [-0.25, -0.2) is 4.68 Å². The van der Waals surface area contributed by atoms with Crippen LogP contribution in [0.25, 0.3) is 0 Å². The molecule has 5 nitrogen and oxygen atoms in total. The van der Waals surface area contributed by atoms with Gasteiger partial charge in [0.05, 0.1) is 24.5 Å². The molecular formula is C14H20ClN3O2. The van der Waals surface area contributed by atoms with Gasteiger partial charge in [0, 0.05) is 6.54 Å². The largest absolute Gasteiger partial charge is 0.393 e. The number of nitrogens with one attached hydrogen (secondary N) is 1. The summed E-state index contributed by atoms with van der Waals surface area (Å²) >= 11 is 6.06. The van der Waals surface area contributed by atoms with Crippen molar-refractivity contribution >= 4 is 17.3 Å². The Morgan fingerprint density at radius 2 is 2.20 bits per heavy atom. The van der Waals surface area contributed by atoms with Crippen molar-refractivity contribution in [3.05, 3.63) is 34.2 Å². The molecule has 2 rings (SSSR count). The number of aliphatic hydroxyl groups excluding tert-OH is 1. The molecule has 6 heteroatoms. The van der Waals surface area contributed by atoms with Gasteiger partial charge in [0.1, 0.15) is 5.02 Å². The highest BCUT2D eigenvalue weighted by Gasteiger charge is 2.19. The monoisotopic (exact) mass is 297 g/mol. The highest BCUT2D eigenvalue weighted by molar-refractivity contribution is 6.32.